The van der Waals surface area contributed by atoms with E-state index in [0.717, 1.165) is 24.3 Å². The molecule has 0 bridgehead atoms. The van der Waals surface area contributed by atoms with Crippen LogP contribution in [-0.4, -0.2) is 31.1 Å². The van der Waals surface area contributed by atoms with E-state index in [4.69, 9.17) is 4.74 Å². The van der Waals surface area contributed by atoms with Gasteiger partial charge in [-0.05, 0) is 44.0 Å². The van der Waals surface area contributed by atoms with Crippen molar-refractivity contribution in [1.82, 2.24) is 10.6 Å². The largest absolute Gasteiger partial charge is 0.494 e. The maximum absolute atomic E-state index is 11.5. The van der Waals surface area contributed by atoms with Gasteiger partial charge in [0.15, 0.2) is 0 Å². The zero-order chi connectivity index (χ0) is 14.4. The summed E-state index contributed by atoms with van der Waals surface area (Å²) >= 11 is 0. The highest BCUT2D eigenvalue weighted by Gasteiger charge is 2.23. The fourth-order valence-electron chi connectivity index (χ4n) is 1.64. The molecule has 0 heterocycles. The molecule has 1 aliphatic carbocycles. The van der Waals surface area contributed by atoms with E-state index in [2.05, 4.69) is 16.0 Å². The molecular formula is C14H19N3O3. The number of benzene rings is 1. The third kappa shape index (κ3) is 4.79. The highest BCUT2D eigenvalue weighted by molar-refractivity contribution is 5.96. The summed E-state index contributed by atoms with van der Waals surface area (Å²) in [6.45, 7) is 2.58. The molecule has 1 aromatic rings. The molecule has 6 heteroatoms. The van der Waals surface area contributed by atoms with Crippen LogP contribution >= 0.6 is 0 Å². The van der Waals surface area contributed by atoms with E-state index < -0.39 is 6.03 Å². The fraction of sp³-hybridized carbons (Fsp3) is 0.429. The summed E-state index contributed by atoms with van der Waals surface area (Å²) in [6, 6.07) is 7.10. The van der Waals surface area contributed by atoms with Gasteiger partial charge in [0.1, 0.15) is 5.75 Å². The smallest absolute Gasteiger partial charge is 0.321 e. The van der Waals surface area contributed by atoms with Crippen LogP contribution in [0.25, 0.3) is 0 Å². The van der Waals surface area contributed by atoms with Crippen molar-refractivity contribution in [1.29, 1.82) is 0 Å². The first-order valence-electron chi connectivity index (χ1n) is 6.74. The van der Waals surface area contributed by atoms with E-state index in [1.165, 1.54) is 0 Å². The monoisotopic (exact) mass is 277 g/mol. The third-order valence-electron chi connectivity index (χ3n) is 2.78. The number of imide groups is 1. The maximum Gasteiger partial charge on any atom is 0.321 e. The van der Waals surface area contributed by atoms with Gasteiger partial charge in [-0.15, -0.1) is 0 Å². The Morgan fingerprint density at radius 1 is 1.25 bits per heavy atom. The lowest BCUT2D eigenvalue weighted by molar-refractivity contribution is -0.118. The molecule has 3 amide bonds. The Kier molecular flexibility index (Phi) is 4.81. The molecule has 0 aromatic heterocycles. The standard InChI is InChI=1S/C14H19N3O3/c1-2-20-12-7-5-10(6-8-12)15-9-13(18)17-14(19)16-11-3-4-11/h5-8,11,15H,2-4,9H2,1H3,(H2,16,17,18,19). The van der Waals surface area contributed by atoms with Crippen molar-refractivity contribution in [3.63, 3.8) is 0 Å². The summed E-state index contributed by atoms with van der Waals surface area (Å²) < 4.78 is 5.32. The van der Waals surface area contributed by atoms with Gasteiger partial charge in [-0.3, -0.25) is 10.1 Å². The number of urea groups is 1. The van der Waals surface area contributed by atoms with Crippen molar-refractivity contribution in [2.75, 3.05) is 18.5 Å². The first-order valence-corrected chi connectivity index (χ1v) is 6.74. The average Bonchev–Trinajstić information content (AvgIpc) is 3.22. The van der Waals surface area contributed by atoms with Crippen LogP contribution in [0, 0.1) is 0 Å². The van der Waals surface area contributed by atoms with Crippen LogP contribution in [0.3, 0.4) is 0 Å². The second kappa shape index (κ2) is 6.79. The number of ether oxygens (including phenoxy) is 1. The molecule has 2 rings (SSSR count). The summed E-state index contributed by atoms with van der Waals surface area (Å²) in [7, 11) is 0. The SMILES string of the molecule is CCOc1ccc(NCC(=O)NC(=O)NC2CC2)cc1. The summed E-state index contributed by atoms with van der Waals surface area (Å²) in [5.74, 6) is 0.420. The zero-order valence-corrected chi connectivity index (χ0v) is 11.4. The van der Waals surface area contributed by atoms with Crippen molar-refractivity contribution < 1.29 is 14.3 Å². The molecular weight excluding hydrogens is 258 g/mol. The number of rotatable bonds is 6. The Labute approximate surface area is 117 Å². The van der Waals surface area contributed by atoms with Crippen LogP contribution in [-0.2, 0) is 4.79 Å². The molecule has 1 saturated carbocycles. The van der Waals surface area contributed by atoms with Crippen LogP contribution in [0.1, 0.15) is 19.8 Å². The molecule has 0 unspecified atom stereocenters. The van der Waals surface area contributed by atoms with E-state index in [1.54, 1.807) is 0 Å². The van der Waals surface area contributed by atoms with Gasteiger partial charge in [-0.2, -0.15) is 0 Å². The predicted molar refractivity (Wildman–Crippen MR) is 75.8 cm³/mol. The molecule has 108 valence electrons. The van der Waals surface area contributed by atoms with Gasteiger partial charge < -0.3 is 15.4 Å². The van der Waals surface area contributed by atoms with Gasteiger partial charge in [-0.25, -0.2) is 4.79 Å². The van der Waals surface area contributed by atoms with E-state index in [9.17, 15) is 9.59 Å². The number of anilines is 1. The van der Waals surface area contributed by atoms with Gasteiger partial charge in [0, 0.05) is 11.7 Å². The second-order valence-electron chi connectivity index (χ2n) is 4.61. The number of hydrogen-bond acceptors (Lipinski definition) is 4. The summed E-state index contributed by atoms with van der Waals surface area (Å²) in [6.07, 6.45) is 1.98. The Morgan fingerprint density at radius 2 is 1.95 bits per heavy atom. The van der Waals surface area contributed by atoms with Gasteiger partial charge in [0.2, 0.25) is 5.91 Å². The van der Waals surface area contributed by atoms with Crippen LogP contribution in [0.4, 0.5) is 10.5 Å². The minimum absolute atomic E-state index is 0.0477. The molecule has 1 fully saturated rings. The Bertz CT molecular complexity index is 469. The third-order valence-corrected chi connectivity index (χ3v) is 2.78. The van der Waals surface area contributed by atoms with Crippen molar-refractivity contribution in [3.8, 4) is 5.75 Å². The lowest BCUT2D eigenvalue weighted by atomic mass is 10.3. The number of nitrogens with one attached hydrogen (secondary N) is 3. The molecule has 1 aliphatic rings. The van der Waals surface area contributed by atoms with Gasteiger partial charge >= 0.3 is 6.03 Å². The van der Waals surface area contributed by atoms with Crippen molar-refractivity contribution in [2.24, 2.45) is 0 Å². The van der Waals surface area contributed by atoms with Crippen LogP contribution in [0.5, 0.6) is 5.75 Å². The normalized spacial score (nSPS) is 13.4. The summed E-state index contributed by atoms with van der Waals surface area (Å²) in [5, 5.41) is 7.91. The van der Waals surface area contributed by atoms with Crippen molar-refractivity contribution in [3.05, 3.63) is 24.3 Å². The molecule has 0 spiro atoms. The minimum atomic E-state index is -0.425. The van der Waals surface area contributed by atoms with Crippen LogP contribution < -0.4 is 20.7 Å². The lowest BCUT2D eigenvalue weighted by Gasteiger charge is -2.08. The quantitative estimate of drug-likeness (QED) is 0.736. The van der Waals surface area contributed by atoms with Crippen molar-refractivity contribution in [2.45, 2.75) is 25.8 Å². The van der Waals surface area contributed by atoms with E-state index in [-0.39, 0.29) is 18.5 Å². The van der Waals surface area contributed by atoms with E-state index >= 15 is 0 Å². The number of amides is 3. The maximum atomic E-state index is 11.5. The topological polar surface area (TPSA) is 79.5 Å². The van der Waals surface area contributed by atoms with E-state index in [1.807, 2.05) is 31.2 Å². The molecule has 0 radical (unpaired) electrons. The Morgan fingerprint density at radius 3 is 2.55 bits per heavy atom. The number of carbonyl (C=O) groups excluding carboxylic acids is 2. The average molecular weight is 277 g/mol. The zero-order valence-electron chi connectivity index (χ0n) is 11.4. The highest BCUT2D eigenvalue weighted by atomic mass is 16.5. The van der Waals surface area contributed by atoms with Gasteiger partial charge in [0.05, 0.1) is 13.2 Å². The molecule has 6 nitrogen and oxygen atoms in total. The fourth-order valence-corrected chi connectivity index (χ4v) is 1.64. The Hall–Kier alpha value is -2.24. The molecule has 0 atom stereocenters. The van der Waals surface area contributed by atoms with Gasteiger partial charge in [0.25, 0.3) is 0 Å². The predicted octanol–water partition coefficient (Wildman–Crippen LogP) is 1.49. The van der Waals surface area contributed by atoms with Crippen molar-refractivity contribution >= 4 is 17.6 Å². The molecule has 0 saturated heterocycles. The molecule has 1 aromatic carbocycles. The summed E-state index contributed by atoms with van der Waals surface area (Å²) in [5.41, 5.74) is 0.797. The Balaban J connectivity index is 1.70. The first-order chi connectivity index (χ1) is 9.67. The first kappa shape index (κ1) is 14.2. The van der Waals surface area contributed by atoms with Crippen LogP contribution in [0.15, 0.2) is 24.3 Å². The number of hydrogen-bond donors (Lipinski definition) is 3. The second-order valence-corrected chi connectivity index (χ2v) is 4.61. The minimum Gasteiger partial charge on any atom is -0.494 e. The lowest BCUT2D eigenvalue weighted by Crippen LogP contribution is -2.42. The van der Waals surface area contributed by atoms with E-state index in [0.29, 0.717) is 6.61 Å². The summed E-state index contributed by atoms with van der Waals surface area (Å²) in [4.78, 5) is 22.9. The molecule has 20 heavy (non-hydrogen) atoms. The molecule has 0 aliphatic heterocycles. The number of carbonyl (C=O) groups is 2. The highest BCUT2D eigenvalue weighted by Crippen LogP contribution is 2.18. The van der Waals surface area contributed by atoms with Gasteiger partial charge in [-0.1, -0.05) is 0 Å². The molecule has 3 N–H and O–H groups in total. The van der Waals surface area contributed by atoms with Crippen LogP contribution in [0.2, 0.25) is 0 Å².